The van der Waals surface area contributed by atoms with Gasteiger partial charge in [-0.3, -0.25) is 4.79 Å². The summed E-state index contributed by atoms with van der Waals surface area (Å²) in [6.07, 6.45) is 2.66. The number of hydrogen-bond donors (Lipinski definition) is 4. The Hall–Kier alpha value is -3.35. The highest BCUT2D eigenvalue weighted by molar-refractivity contribution is 5.88. The number of benzene rings is 2. The van der Waals surface area contributed by atoms with Gasteiger partial charge in [0.05, 0.1) is 6.54 Å². The highest BCUT2D eigenvalue weighted by Crippen LogP contribution is 2.19. The quantitative estimate of drug-likeness (QED) is 0.365. The van der Waals surface area contributed by atoms with Crippen LogP contribution in [-0.4, -0.2) is 29.9 Å². The van der Waals surface area contributed by atoms with Crippen LogP contribution in [0.4, 0.5) is 10.1 Å². The van der Waals surface area contributed by atoms with E-state index >= 15 is 0 Å². The Morgan fingerprint density at radius 3 is 2.83 bits per heavy atom. The number of nitrogens with one attached hydrogen (secondary N) is 4. The minimum absolute atomic E-state index is 0.0992. The second-order valence-corrected chi connectivity index (χ2v) is 6.76. The van der Waals surface area contributed by atoms with Crippen molar-refractivity contribution in [2.45, 2.75) is 26.8 Å². The molecule has 3 rings (SSSR count). The summed E-state index contributed by atoms with van der Waals surface area (Å²) < 4.78 is 13.5. The number of aliphatic imine (C=N–C) groups is 1. The summed E-state index contributed by atoms with van der Waals surface area (Å²) in [6.45, 7) is 5.40. The topological polar surface area (TPSA) is 81.3 Å². The van der Waals surface area contributed by atoms with Crippen LogP contribution in [0.3, 0.4) is 0 Å². The van der Waals surface area contributed by atoms with Crippen molar-refractivity contribution in [3.8, 4) is 0 Å². The number of aromatic nitrogens is 1. The molecule has 7 heteroatoms. The van der Waals surface area contributed by atoms with E-state index in [0.29, 0.717) is 19.0 Å². The number of halogens is 1. The molecule has 0 aliphatic heterocycles. The van der Waals surface area contributed by atoms with Gasteiger partial charge in [-0.25, -0.2) is 9.38 Å². The van der Waals surface area contributed by atoms with Crippen LogP contribution in [0.15, 0.2) is 53.7 Å². The number of guanidine groups is 1. The average Bonchev–Trinajstić information content (AvgIpc) is 3.08. The maximum Gasteiger partial charge on any atom is 0.221 e. The zero-order valence-corrected chi connectivity index (χ0v) is 16.7. The van der Waals surface area contributed by atoms with Crippen LogP contribution in [0.1, 0.15) is 25.0 Å². The maximum absolute atomic E-state index is 13.5. The summed E-state index contributed by atoms with van der Waals surface area (Å²) in [6, 6.07) is 12.4. The van der Waals surface area contributed by atoms with Crippen molar-refractivity contribution in [2.24, 2.45) is 4.99 Å². The van der Waals surface area contributed by atoms with Crippen molar-refractivity contribution in [3.63, 3.8) is 0 Å². The van der Waals surface area contributed by atoms with Gasteiger partial charge in [0.15, 0.2) is 5.96 Å². The molecular formula is C22H26FN5O. The Morgan fingerprint density at radius 1 is 1.17 bits per heavy atom. The third-order valence-electron chi connectivity index (χ3n) is 4.43. The number of amides is 1. The molecule has 2 aromatic carbocycles. The molecule has 0 spiro atoms. The van der Waals surface area contributed by atoms with E-state index in [1.165, 1.54) is 13.0 Å². The van der Waals surface area contributed by atoms with Crippen LogP contribution in [0.5, 0.6) is 0 Å². The van der Waals surface area contributed by atoms with Gasteiger partial charge in [0.2, 0.25) is 5.91 Å². The first-order chi connectivity index (χ1) is 14.0. The van der Waals surface area contributed by atoms with Crippen molar-refractivity contribution in [2.75, 3.05) is 18.4 Å². The zero-order chi connectivity index (χ0) is 20.6. The molecule has 0 fully saturated rings. The van der Waals surface area contributed by atoms with E-state index in [2.05, 4.69) is 25.9 Å². The largest absolute Gasteiger partial charge is 0.361 e. The first kappa shape index (κ1) is 20.4. The van der Waals surface area contributed by atoms with Crippen LogP contribution in [0.25, 0.3) is 10.9 Å². The van der Waals surface area contributed by atoms with Gasteiger partial charge in [-0.1, -0.05) is 12.1 Å². The molecule has 0 radical (unpaired) electrons. The van der Waals surface area contributed by atoms with E-state index in [9.17, 15) is 9.18 Å². The Kier molecular flexibility index (Phi) is 6.84. The van der Waals surface area contributed by atoms with Gasteiger partial charge in [0, 0.05) is 42.8 Å². The predicted octanol–water partition coefficient (Wildman–Crippen LogP) is 3.56. The van der Waals surface area contributed by atoms with Gasteiger partial charge < -0.3 is 20.9 Å². The fraction of sp³-hybridized carbons (Fsp3) is 0.273. The molecule has 29 heavy (non-hydrogen) atoms. The van der Waals surface area contributed by atoms with E-state index in [0.717, 1.165) is 40.7 Å². The lowest BCUT2D eigenvalue weighted by molar-refractivity contribution is -0.114. The molecule has 0 unspecified atom stereocenters. The molecule has 4 N–H and O–H groups in total. The summed E-state index contributed by atoms with van der Waals surface area (Å²) in [5, 5.41) is 10.2. The molecule has 0 bridgehead atoms. The lowest BCUT2D eigenvalue weighted by Crippen LogP contribution is -2.38. The molecule has 3 aromatic rings. The van der Waals surface area contributed by atoms with Crippen LogP contribution in [0.2, 0.25) is 0 Å². The lowest BCUT2D eigenvalue weighted by Gasteiger charge is -2.11. The summed E-state index contributed by atoms with van der Waals surface area (Å²) >= 11 is 0. The van der Waals surface area contributed by atoms with Crippen LogP contribution in [-0.2, 0) is 17.8 Å². The average molecular weight is 395 g/mol. The lowest BCUT2D eigenvalue weighted by atomic mass is 10.1. The Bertz CT molecular complexity index is 1010. The van der Waals surface area contributed by atoms with Gasteiger partial charge in [-0.05, 0) is 54.8 Å². The minimum Gasteiger partial charge on any atom is -0.361 e. The minimum atomic E-state index is -0.234. The van der Waals surface area contributed by atoms with Crippen molar-refractivity contribution >= 4 is 28.5 Å². The summed E-state index contributed by atoms with van der Waals surface area (Å²) in [7, 11) is 0. The number of carbonyl (C=O) groups is 1. The Labute approximate surface area is 169 Å². The second kappa shape index (κ2) is 9.73. The molecule has 1 aromatic heterocycles. The number of anilines is 1. The van der Waals surface area contributed by atoms with Crippen molar-refractivity contribution in [1.82, 2.24) is 15.6 Å². The molecule has 0 aliphatic rings. The van der Waals surface area contributed by atoms with E-state index in [1.54, 1.807) is 12.1 Å². The molecule has 6 nitrogen and oxygen atoms in total. The van der Waals surface area contributed by atoms with E-state index < -0.39 is 0 Å². The number of nitrogens with zero attached hydrogens (tertiary/aromatic N) is 1. The van der Waals surface area contributed by atoms with Crippen LogP contribution in [0, 0.1) is 5.82 Å². The summed E-state index contributed by atoms with van der Waals surface area (Å²) in [4.78, 5) is 19.0. The highest BCUT2D eigenvalue weighted by Gasteiger charge is 2.06. The molecule has 152 valence electrons. The zero-order valence-electron chi connectivity index (χ0n) is 16.7. The number of fused-ring (bicyclic) bond motifs is 1. The third-order valence-corrected chi connectivity index (χ3v) is 4.43. The van der Waals surface area contributed by atoms with Crippen molar-refractivity contribution < 1.29 is 9.18 Å². The number of rotatable bonds is 7. The van der Waals surface area contributed by atoms with Crippen molar-refractivity contribution in [1.29, 1.82) is 0 Å². The van der Waals surface area contributed by atoms with Crippen LogP contribution < -0.4 is 16.0 Å². The molecular weight excluding hydrogens is 369 g/mol. The number of aromatic amines is 1. The normalized spacial score (nSPS) is 11.5. The molecule has 0 atom stereocenters. The predicted molar refractivity (Wildman–Crippen MR) is 116 cm³/mol. The third kappa shape index (κ3) is 5.81. The standard InChI is InChI=1S/C22H26FN5O/c1-3-24-22(27-13-16-5-4-6-19(11-16)28-15(2)29)25-10-9-17-14-26-21-8-7-18(23)12-20(17)21/h4-8,11-12,14,26H,3,9-10,13H2,1-2H3,(H,28,29)(H2,24,25,27). The molecule has 1 heterocycles. The Balaban J connectivity index is 1.60. The second-order valence-electron chi connectivity index (χ2n) is 6.76. The van der Waals surface area contributed by atoms with E-state index in [1.807, 2.05) is 37.4 Å². The smallest absolute Gasteiger partial charge is 0.221 e. The van der Waals surface area contributed by atoms with Crippen molar-refractivity contribution in [3.05, 3.63) is 65.6 Å². The fourth-order valence-corrected chi connectivity index (χ4v) is 3.14. The fourth-order valence-electron chi connectivity index (χ4n) is 3.14. The molecule has 0 saturated carbocycles. The number of hydrogen-bond acceptors (Lipinski definition) is 2. The highest BCUT2D eigenvalue weighted by atomic mass is 19.1. The van der Waals surface area contributed by atoms with Gasteiger partial charge in [0.1, 0.15) is 5.82 Å². The monoisotopic (exact) mass is 395 g/mol. The maximum atomic E-state index is 13.5. The SMILES string of the molecule is CCNC(=NCc1cccc(NC(C)=O)c1)NCCc1c[nH]c2ccc(F)cc12. The Morgan fingerprint density at radius 2 is 2.03 bits per heavy atom. The summed E-state index contributed by atoms with van der Waals surface area (Å²) in [5.74, 6) is 0.379. The van der Waals surface area contributed by atoms with Gasteiger partial charge >= 0.3 is 0 Å². The first-order valence-electron chi connectivity index (χ1n) is 9.69. The molecule has 0 aliphatic carbocycles. The molecule has 1 amide bonds. The van der Waals surface area contributed by atoms with Gasteiger partial charge in [-0.15, -0.1) is 0 Å². The van der Waals surface area contributed by atoms with Gasteiger partial charge in [-0.2, -0.15) is 0 Å². The molecule has 0 saturated heterocycles. The van der Waals surface area contributed by atoms with Gasteiger partial charge in [0.25, 0.3) is 0 Å². The van der Waals surface area contributed by atoms with E-state index in [4.69, 9.17) is 0 Å². The first-order valence-corrected chi connectivity index (χ1v) is 9.69. The number of carbonyl (C=O) groups excluding carboxylic acids is 1. The summed E-state index contributed by atoms with van der Waals surface area (Å²) in [5.41, 5.74) is 3.75. The van der Waals surface area contributed by atoms with Crippen LogP contribution >= 0.6 is 0 Å². The van der Waals surface area contributed by atoms with E-state index in [-0.39, 0.29) is 11.7 Å². The number of H-pyrrole nitrogens is 1.